The molecular formula is C8H16ClNS. The largest absolute Gasteiger partial charge is 0.325 e. The van der Waals surface area contributed by atoms with E-state index in [1.165, 1.54) is 5.57 Å². The number of halogens is 1. The quantitative estimate of drug-likeness (QED) is 0.743. The van der Waals surface area contributed by atoms with Crippen molar-refractivity contribution in [3.05, 3.63) is 11.1 Å². The van der Waals surface area contributed by atoms with Gasteiger partial charge in [0, 0.05) is 22.6 Å². The molecule has 0 aliphatic heterocycles. The van der Waals surface area contributed by atoms with E-state index in [0.717, 1.165) is 11.5 Å². The van der Waals surface area contributed by atoms with E-state index in [1.54, 1.807) is 5.54 Å². The predicted octanol–water partition coefficient (Wildman–Crippen LogP) is 2.60. The van der Waals surface area contributed by atoms with E-state index in [1.807, 2.05) is 32.5 Å². The lowest BCUT2D eigenvalue weighted by Gasteiger charge is -2.17. The van der Waals surface area contributed by atoms with Gasteiger partial charge in [0.25, 0.3) is 0 Å². The third-order valence-corrected chi connectivity index (χ3v) is 2.97. The number of thioether (sulfide) groups is 1. The maximum atomic E-state index is 5.79. The van der Waals surface area contributed by atoms with Crippen LogP contribution in [0.15, 0.2) is 11.1 Å². The van der Waals surface area contributed by atoms with Gasteiger partial charge in [-0.15, -0.1) is 0 Å². The van der Waals surface area contributed by atoms with Crippen molar-refractivity contribution in [3.63, 3.8) is 0 Å². The lowest BCUT2D eigenvalue weighted by molar-refractivity contribution is 0.591. The first-order chi connectivity index (χ1) is 4.95. The second-order valence-corrected chi connectivity index (χ2v) is 4.64. The van der Waals surface area contributed by atoms with Crippen molar-refractivity contribution in [2.45, 2.75) is 26.3 Å². The summed E-state index contributed by atoms with van der Waals surface area (Å²) in [6, 6.07) is 0. The normalized spacial score (nSPS) is 13.7. The summed E-state index contributed by atoms with van der Waals surface area (Å²) in [6.45, 7) is 6.07. The van der Waals surface area contributed by atoms with Gasteiger partial charge in [-0.1, -0.05) is 17.2 Å². The van der Waals surface area contributed by atoms with Crippen LogP contribution in [-0.2, 0) is 0 Å². The zero-order valence-electron chi connectivity index (χ0n) is 7.36. The standard InChI is InChI=1S/C8H16ClNS/c1-7(4-9)5-11-6-8(2,3)10/h4H,5-6,10H2,1-3H3. The second-order valence-electron chi connectivity index (χ2n) is 3.44. The molecule has 0 atom stereocenters. The SMILES string of the molecule is CC(=CCl)CSCC(C)(C)N. The van der Waals surface area contributed by atoms with E-state index in [2.05, 4.69) is 0 Å². The van der Waals surface area contributed by atoms with Crippen LogP contribution in [0.1, 0.15) is 20.8 Å². The van der Waals surface area contributed by atoms with Crippen molar-refractivity contribution in [2.24, 2.45) is 5.73 Å². The van der Waals surface area contributed by atoms with Crippen LogP contribution in [-0.4, -0.2) is 17.0 Å². The van der Waals surface area contributed by atoms with Crippen LogP contribution in [0.25, 0.3) is 0 Å². The van der Waals surface area contributed by atoms with Gasteiger partial charge in [0.05, 0.1) is 0 Å². The van der Waals surface area contributed by atoms with Gasteiger partial charge in [-0.2, -0.15) is 11.8 Å². The Balaban J connectivity index is 3.43. The molecule has 0 spiro atoms. The number of rotatable bonds is 4. The van der Waals surface area contributed by atoms with Gasteiger partial charge in [0.2, 0.25) is 0 Å². The third kappa shape index (κ3) is 8.24. The molecule has 0 amide bonds. The van der Waals surface area contributed by atoms with Gasteiger partial charge in [-0.05, 0) is 20.8 Å². The molecule has 0 aliphatic rings. The smallest absolute Gasteiger partial charge is 0.0188 e. The first-order valence-corrected chi connectivity index (χ1v) is 5.17. The lowest BCUT2D eigenvalue weighted by Crippen LogP contribution is -2.34. The molecule has 66 valence electrons. The van der Waals surface area contributed by atoms with Crippen LogP contribution >= 0.6 is 23.4 Å². The Kier molecular flexibility index (Phi) is 5.23. The fourth-order valence-corrected chi connectivity index (χ4v) is 1.71. The molecular weight excluding hydrogens is 178 g/mol. The molecule has 0 heterocycles. The first kappa shape index (κ1) is 11.3. The van der Waals surface area contributed by atoms with E-state index in [-0.39, 0.29) is 5.54 Å². The van der Waals surface area contributed by atoms with Gasteiger partial charge in [-0.3, -0.25) is 0 Å². The minimum atomic E-state index is -0.0722. The van der Waals surface area contributed by atoms with Gasteiger partial charge in [-0.25, -0.2) is 0 Å². The molecule has 0 rings (SSSR count). The molecule has 2 N–H and O–H groups in total. The molecule has 0 aromatic heterocycles. The van der Waals surface area contributed by atoms with Crippen molar-refractivity contribution in [1.29, 1.82) is 0 Å². The van der Waals surface area contributed by atoms with Gasteiger partial charge in [0.1, 0.15) is 0 Å². The Morgan fingerprint density at radius 1 is 1.64 bits per heavy atom. The Bertz CT molecular complexity index is 138. The molecule has 11 heavy (non-hydrogen) atoms. The molecule has 0 aromatic rings. The minimum absolute atomic E-state index is 0.0722. The second kappa shape index (κ2) is 5.07. The Hall–Kier alpha value is 0.340. The summed E-state index contributed by atoms with van der Waals surface area (Å²) in [4.78, 5) is 0. The Labute approximate surface area is 78.4 Å². The highest BCUT2D eigenvalue weighted by Gasteiger charge is 2.09. The van der Waals surface area contributed by atoms with Crippen LogP contribution < -0.4 is 5.73 Å². The Morgan fingerprint density at radius 3 is 2.55 bits per heavy atom. The topological polar surface area (TPSA) is 26.0 Å². The zero-order valence-corrected chi connectivity index (χ0v) is 8.93. The predicted molar refractivity (Wildman–Crippen MR) is 55.2 cm³/mol. The van der Waals surface area contributed by atoms with Crippen LogP contribution in [0.5, 0.6) is 0 Å². The van der Waals surface area contributed by atoms with E-state index in [0.29, 0.717) is 0 Å². The number of nitrogens with two attached hydrogens (primary N) is 1. The van der Waals surface area contributed by atoms with Crippen molar-refractivity contribution in [3.8, 4) is 0 Å². The summed E-state index contributed by atoms with van der Waals surface area (Å²) in [6.07, 6.45) is 0. The average molecular weight is 194 g/mol. The van der Waals surface area contributed by atoms with Gasteiger partial charge >= 0.3 is 0 Å². The van der Waals surface area contributed by atoms with Crippen molar-refractivity contribution in [1.82, 2.24) is 0 Å². The molecule has 0 aromatic carbocycles. The number of hydrogen-bond acceptors (Lipinski definition) is 2. The third-order valence-electron chi connectivity index (χ3n) is 0.990. The van der Waals surface area contributed by atoms with Crippen molar-refractivity contribution >= 4 is 23.4 Å². The van der Waals surface area contributed by atoms with E-state index in [4.69, 9.17) is 17.3 Å². The molecule has 0 saturated carbocycles. The van der Waals surface area contributed by atoms with Crippen molar-refractivity contribution < 1.29 is 0 Å². The van der Waals surface area contributed by atoms with Crippen LogP contribution in [0.3, 0.4) is 0 Å². The summed E-state index contributed by atoms with van der Waals surface area (Å²) in [7, 11) is 0. The fourth-order valence-electron chi connectivity index (χ4n) is 0.507. The highest BCUT2D eigenvalue weighted by molar-refractivity contribution is 7.99. The molecule has 0 aliphatic carbocycles. The zero-order chi connectivity index (χ0) is 8.91. The van der Waals surface area contributed by atoms with Crippen LogP contribution in [0, 0.1) is 0 Å². The van der Waals surface area contributed by atoms with Gasteiger partial charge < -0.3 is 5.73 Å². The summed E-state index contributed by atoms with van der Waals surface area (Å²) in [5.41, 5.74) is 8.53. The molecule has 0 fully saturated rings. The molecule has 0 bridgehead atoms. The number of hydrogen-bond donors (Lipinski definition) is 1. The van der Waals surface area contributed by atoms with E-state index < -0.39 is 0 Å². The summed E-state index contributed by atoms with van der Waals surface area (Å²) < 4.78 is 0. The van der Waals surface area contributed by atoms with E-state index >= 15 is 0 Å². The first-order valence-electron chi connectivity index (χ1n) is 3.58. The minimum Gasteiger partial charge on any atom is -0.325 e. The lowest BCUT2D eigenvalue weighted by atomic mass is 10.1. The maximum absolute atomic E-state index is 5.79. The van der Waals surface area contributed by atoms with Crippen LogP contribution in [0.2, 0.25) is 0 Å². The average Bonchev–Trinajstić information content (AvgIpc) is 1.85. The monoisotopic (exact) mass is 193 g/mol. The molecule has 0 unspecified atom stereocenters. The Morgan fingerprint density at radius 2 is 2.18 bits per heavy atom. The maximum Gasteiger partial charge on any atom is 0.0188 e. The van der Waals surface area contributed by atoms with Crippen molar-refractivity contribution in [2.75, 3.05) is 11.5 Å². The molecule has 0 radical (unpaired) electrons. The molecule has 0 saturated heterocycles. The summed E-state index contributed by atoms with van der Waals surface area (Å²) in [5, 5.41) is 0. The van der Waals surface area contributed by atoms with Gasteiger partial charge in [0.15, 0.2) is 0 Å². The summed E-state index contributed by atoms with van der Waals surface area (Å²) in [5.74, 6) is 1.94. The molecule has 1 nitrogen and oxygen atoms in total. The fraction of sp³-hybridized carbons (Fsp3) is 0.750. The van der Waals surface area contributed by atoms with E-state index in [9.17, 15) is 0 Å². The highest BCUT2D eigenvalue weighted by atomic mass is 35.5. The molecule has 3 heteroatoms. The summed E-state index contributed by atoms with van der Waals surface area (Å²) >= 11 is 7.31. The highest BCUT2D eigenvalue weighted by Crippen LogP contribution is 2.13. The van der Waals surface area contributed by atoms with Crippen LogP contribution in [0.4, 0.5) is 0 Å².